The Kier molecular flexibility index (Phi) is 5.37. The molecule has 0 radical (unpaired) electrons. The van der Waals surface area contributed by atoms with Crippen LogP contribution in [0.5, 0.6) is 0 Å². The zero-order chi connectivity index (χ0) is 20.8. The Balaban J connectivity index is 1.42. The molecule has 4 bridgehead atoms. The molecule has 164 valence electrons. The molecule has 2 unspecified atom stereocenters. The van der Waals surface area contributed by atoms with Crippen molar-refractivity contribution in [3.05, 3.63) is 35.9 Å². The summed E-state index contributed by atoms with van der Waals surface area (Å²) in [6, 6.07) is 11.3. The van der Waals surface area contributed by atoms with E-state index < -0.39 is 0 Å². The van der Waals surface area contributed by atoms with Gasteiger partial charge in [0.25, 0.3) is 0 Å². The predicted octanol–water partition coefficient (Wildman–Crippen LogP) is 6.42. The van der Waals surface area contributed by atoms with E-state index in [1.807, 2.05) is 0 Å². The molecule has 0 saturated heterocycles. The fourth-order valence-electron chi connectivity index (χ4n) is 9.02. The summed E-state index contributed by atoms with van der Waals surface area (Å²) in [7, 11) is 0. The van der Waals surface area contributed by atoms with Crippen molar-refractivity contribution in [3.8, 4) is 0 Å². The SMILES string of the molecule is CCC[C@]12CC3CC(C(=O)CC4CCC(CN)CC4)(C1)C[C@@](c1ccccc1)(C3)C2. The van der Waals surface area contributed by atoms with Crippen LogP contribution in [0.15, 0.2) is 30.3 Å². The van der Waals surface area contributed by atoms with Gasteiger partial charge in [-0.05, 0) is 111 Å². The third kappa shape index (κ3) is 3.48. The lowest BCUT2D eigenvalue weighted by molar-refractivity contribution is -0.162. The van der Waals surface area contributed by atoms with Gasteiger partial charge in [0.05, 0.1) is 0 Å². The van der Waals surface area contributed by atoms with Crippen molar-refractivity contribution in [1.29, 1.82) is 0 Å². The van der Waals surface area contributed by atoms with Crippen LogP contribution in [0.3, 0.4) is 0 Å². The van der Waals surface area contributed by atoms with Gasteiger partial charge in [0.15, 0.2) is 0 Å². The molecule has 1 aromatic carbocycles. The van der Waals surface area contributed by atoms with Gasteiger partial charge in [0, 0.05) is 11.8 Å². The lowest BCUT2D eigenvalue weighted by Gasteiger charge is -2.67. The summed E-state index contributed by atoms with van der Waals surface area (Å²) in [6.45, 7) is 3.17. The van der Waals surface area contributed by atoms with Crippen LogP contribution >= 0.6 is 0 Å². The van der Waals surface area contributed by atoms with E-state index in [2.05, 4.69) is 37.3 Å². The van der Waals surface area contributed by atoms with E-state index in [1.54, 1.807) is 0 Å². The zero-order valence-corrected chi connectivity index (χ0v) is 19.0. The molecule has 6 rings (SSSR count). The first-order valence-electron chi connectivity index (χ1n) is 12.8. The molecule has 30 heavy (non-hydrogen) atoms. The first-order valence-corrected chi connectivity index (χ1v) is 12.8. The van der Waals surface area contributed by atoms with Crippen LogP contribution in [0.25, 0.3) is 0 Å². The molecular formula is C28H41NO. The fraction of sp³-hybridized carbons (Fsp3) is 0.750. The number of benzene rings is 1. The lowest BCUT2D eigenvalue weighted by atomic mass is 9.37. The number of rotatable bonds is 7. The Hall–Kier alpha value is -1.15. The topological polar surface area (TPSA) is 43.1 Å². The van der Waals surface area contributed by atoms with E-state index in [9.17, 15) is 4.79 Å². The average Bonchev–Trinajstić information content (AvgIpc) is 2.74. The third-order valence-corrected chi connectivity index (χ3v) is 9.72. The molecule has 1 aromatic rings. The summed E-state index contributed by atoms with van der Waals surface area (Å²) < 4.78 is 0. The summed E-state index contributed by atoms with van der Waals surface area (Å²) >= 11 is 0. The van der Waals surface area contributed by atoms with Crippen LogP contribution in [0, 0.1) is 28.6 Å². The normalized spacial score (nSPS) is 42.4. The Morgan fingerprint density at radius 1 is 0.967 bits per heavy atom. The molecule has 0 aromatic heterocycles. The van der Waals surface area contributed by atoms with Crippen molar-refractivity contribution >= 4 is 5.78 Å². The highest BCUT2D eigenvalue weighted by molar-refractivity contribution is 5.86. The van der Waals surface area contributed by atoms with Gasteiger partial charge in [0.2, 0.25) is 0 Å². The van der Waals surface area contributed by atoms with Crippen molar-refractivity contribution < 1.29 is 4.79 Å². The summed E-state index contributed by atoms with van der Waals surface area (Å²) in [6.07, 6.45) is 15.8. The fourth-order valence-corrected chi connectivity index (χ4v) is 9.02. The van der Waals surface area contributed by atoms with Gasteiger partial charge in [-0.3, -0.25) is 4.79 Å². The summed E-state index contributed by atoms with van der Waals surface area (Å²) in [5.41, 5.74) is 8.06. The van der Waals surface area contributed by atoms with Crippen LogP contribution in [0.2, 0.25) is 0 Å². The molecule has 2 N–H and O–H groups in total. The van der Waals surface area contributed by atoms with E-state index >= 15 is 0 Å². The highest BCUT2D eigenvalue weighted by Gasteiger charge is 2.65. The van der Waals surface area contributed by atoms with Crippen LogP contribution in [-0.2, 0) is 10.2 Å². The monoisotopic (exact) mass is 407 g/mol. The van der Waals surface area contributed by atoms with E-state index in [-0.39, 0.29) is 10.8 Å². The molecule has 2 heteroatoms. The molecule has 2 nitrogen and oxygen atoms in total. The maximum Gasteiger partial charge on any atom is 0.139 e. The van der Waals surface area contributed by atoms with Crippen molar-refractivity contribution in [2.45, 2.75) is 95.8 Å². The first kappa shape index (κ1) is 20.7. The smallest absolute Gasteiger partial charge is 0.139 e. The van der Waals surface area contributed by atoms with E-state index in [1.165, 1.54) is 76.2 Å². The maximum atomic E-state index is 14.0. The standard InChI is InChI=1S/C28H41NO/c1-2-12-26-14-23-15-27(18-26,24-6-4-3-5-7-24)20-28(16-23,19-26)25(30)13-21-8-10-22(17-29)11-9-21/h3-7,21-23H,2,8-20,29H2,1H3/t21?,22?,23?,26-,27-,28?/m1/s1. The minimum atomic E-state index is -0.0326. The number of Topliss-reactive ketones (excluding diaryl/α,β-unsaturated/α-hetero) is 1. The highest BCUT2D eigenvalue weighted by atomic mass is 16.1. The molecule has 5 saturated carbocycles. The lowest BCUT2D eigenvalue weighted by Crippen LogP contribution is -2.61. The second-order valence-electron chi connectivity index (χ2n) is 11.9. The van der Waals surface area contributed by atoms with E-state index in [4.69, 9.17) is 5.73 Å². The Morgan fingerprint density at radius 2 is 1.70 bits per heavy atom. The number of hydrogen-bond donors (Lipinski definition) is 1. The van der Waals surface area contributed by atoms with Crippen molar-refractivity contribution in [1.82, 2.24) is 0 Å². The number of carbonyl (C=O) groups excluding carboxylic acids is 1. The molecule has 5 aliphatic carbocycles. The molecule has 5 fully saturated rings. The molecule has 0 heterocycles. The molecule has 0 spiro atoms. The number of carbonyl (C=O) groups is 1. The molecule has 0 aliphatic heterocycles. The third-order valence-electron chi connectivity index (χ3n) is 9.72. The van der Waals surface area contributed by atoms with Crippen molar-refractivity contribution in [2.24, 2.45) is 34.3 Å². The van der Waals surface area contributed by atoms with Gasteiger partial charge in [-0.1, -0.05) is 43.7 Å². The number of nitrogens with two attached hydrogens (primary N) is 1. The molecule has 4 atom stereocenters. The van der Waals surface area contributed by atoms with Gasteiger partial charge in [0.1, 0.15) is 5.78 Å². The maximum absolute atomic E-state index is 14.0. The van der Waals surface area contributed by atoms with Gasteiger partial charge in [-0.2, -0.15) is 0 Å². The summed E-state index contributed by atoms with van der Waals surface area (Å²) in [5.74, 6) is 2.71. The van der Waals surface area contributed by atoms with Gasteiger partial charge >= 0.3 is 0 Å². The van der Waals surface area contributed by atoms with Crippen LogP contribution in [-0.4, -0.2) is 12.3 Å². The first-order chi connectivity index (χ1) is 14.5. The van der Waals surface area contributed by atoms with Gasteiger partial charge in [-0.15, -0.1) is 0 Å². The summed E-state index contributed by atoms with van der Waals surface area (Å²) in [5, 5.41) is 0. The molecular weight excluding hydrogens is 366 g/mol. The largest absolute Gasteiger partial charge is 0.330 e. The Morgan fingerprint density at radius 3 is 2.40 bits per heavy atom. The average molecular weight is 408 g/mol. The highest BCUT2D eigenvalue weighted by Crippen LogP contribution is 2.71. The Bertz CT molecular complexity index is 766. The number of ketones is 1. The molecule has 5 aliphatic rings. The minimum Gasteiger partial charge on any atom is -0.330 e. The molecule has 0 amide bonds. The van der Waals surface area contributed by atoms with Crippen LogP contribution in [0.4, 0.5) is 0 Å². The second-order valence-corrected chi connectivity index (χ2v) is 11.9. The summed E-state index contributed by atoms with van der Waals surface area (Å²) in [4.78, 5) is 14.0. The van der Waals surface area contributed by atoms with Crippen LogP contribution in [0.1, 0.15) is 96.0 Å². The minimum absolute atomic E-state index is 0.0326. The second kappa shape index (κ2) is 7.76. The van der Waals surface area contributed by atoms with Crippen molar-refractivity contribution in [3.63, 3.8) is 0 Å². The zero-order valence-electron chi connectivity index (χ0n) is 19.0. The van der Waals surface area contributed by atoms with E-state index in [0.29, 0.717) is 23.0 Å². The van der Waals surface area contributed by atoms with Crippen molar-refractivity contribution in [2.75, 3.05) is 6.54 Å². The Labute approximate surface area is 183 Å². The van der Waals surface area contributed by atoms with Crippen LogP contribution < -0.4 is 5.73 Å². The predicted molar refractivity (Wildman–Crippen MR) is 123 cm³/mol. The number of hydrogen-bond acceptors (Lipinski definition) is 2. The van der Waals surface area contributed by atoms with E-state index in [0.717, 1.165) is 25.3 Å². The van der Waals surface area contributed by atoms with Gasteiger partial charge in [-0.25, -0.2) is 0 Å². The quantitative estimate of drug-likeness (QED) is 0.567. The van der Waals surface area contributed by atoms with Gasteiger partial charge < -0.3 is 5.73 Å².